The lowest BCUT2D eigenvalue weighted by molar-refractivity contribution is -0.131. The third kappa shape index (κ3) is 5.48. The highest BCUT2D eigenvalue weighted by atomic mass is 16.5. The molecule has 0 aromatic heterocycles. The Morgan fingerprint density at radius 1 is 1.29 bits per heavy atom. The van der Waals surface area contributed by atoms with Crippen LogP contribution in [0.4, 0.5) is 0 Å². The van der Waals surface area contributed by atoms with Gasteiger partial charge in [-0.15, -0.1) is 0 Å². The highest BCUT2D eigenvalue weighted by molar-refractivity contribution is 5.80. The average molecular weight is 293 g/mol. The fourth-order valence-electron chi connectivity index (χ4n) is 1.99. The maximum absolute atomic E-state index is 11.7. The van der Waals surface area contributed by atoms with Crippen molar-refractivity contribution in [2.75, 3.05) is 13.2 Å². The summed E-state index contributed by atoms with van der Waals surface area (Å²) in [5.41, 5.74) is 2.10. The minimum Gasteiger partial charge on any atom is -0.387 e. The predicted molar refractivity (Wildman–Crippen MR) is 84.2 cm³/mol. The van der Waals surface area contributed by atoms with E-state index < -0.39 is 12.2 Å². The number of hydrogen-bond donors (Lipinski definition) is 2. The Morgan fingerprint density at radius 3 is 2.33 bits per heavy atom. The highest BCUT2D eigenvalue weighted by Crippen LogP contribution is 2.23. The molecule has 0 fully saturated rings. The lowest BCUT2D eigenvalue weighted by Gasteiger charge is -2.20. The van der Waals surface area contributed by atoms with E-state index in [0.29, 0.717) is 6.61 Å². The van der Waals surface area contributed by atoms with Crippen LogP contribution < -0.4 is 5.32 Å². The predicted octanol–water partition coefficient (Wildman–Crippen LogP) is 2.56. The molecule has 1 rings (SSSR count). The largest absolute Gasteiger partial charge is 0.387 e. The summed E-state index contributed by atoms with van der Waals surface area (Å²) in [6.07, 6.45) is -1.21. The maximum atomic E-state index is 11.7. The van der Waals surface area contributed by atoms with Crippen LogP contribution in [0.2, 0.25) is 0 Å². The molecule has 4 heteroatoms. The van der Waals surface area contributed by atoms with Gasteiger partial charge in [-0.05, 0) is 30.4 Å². The molecular formula is C17H27NO3. The number of rotatable bonds is 6. The molecule has 0 saturated heterocycles. The molecule has 2 unspecified atom stereocenters. The van der Waals surface area contributed by atoms with Crippen LogP contribution in [0, 0.1) is 0 Å². The quantitative estimate of drug-likeness (QED) is 0.847. The van der Waals surface area contributed by atoms with Crippen molar-refractivity contribution >= 4 is 5.91 Å². The Hall–Kier alpha value is -1.39. The Balaban J connectivity index is 2.56. The number of carbonyl (C=O) groups is 1. The zero-order valence-corrected chi connectivity index (χ0v) is 13.6. The van der Waals surface area contributed by atoms with Crippen LogP contribution in [0.3, 0.4) is 0 Å². The fraction of sp³-hybridized carbons (Fsp3) is 0.588. The van der Waals surface area contributed by atoms with Crippen LogP contribution in [0.5, 0.6) is 0 Å². The molecule has 118 valence electrons. The summed E-state index contributed by atoms with van der Waals surface area (Å²) in [6, 6.07) is 7.85. The molecule has 0 bridgehead atoms. The second-order valence-electron chi connectivity index (χ2n) is 6.23. The SMILES string of the molecule is CCOC(C)C(=O)NCC(O)c1ccc(C(C)(C)C)cc1. The van der Waals surface area contributed by atoms with E-state index in [1.165, 1.54) is 5.56 Å². The number of amides is 1. The van der Waals surface area contributed by atoms with E-state index in [9.17, 15) is 9.90 Å². The highest BCUT2D eigenvalue weighted by Gasteiger charge is 2.16. The van der Waals surface area contributed by atoms with E-state index in [-0.39, 0.29) is 17.9 Å². The van der Waals surface area contributed by atoms with Gasteiger partial charge in [-0.3, -0.25) is 4.79 Å². The van der Waals surface area contributed by atoms with Gasteiger partial charge in [-0.1, -0.05) is 45.0 Å². The standard InChI is InChI=1S/C17H27NO3/c1-6-21-12(2)16(20)18-11-15(19)13-7-9-14(10-8-13)17(3,4)5/h7-10,12,15,19H,6,11H2,1-5H3,(H,18,20). The molecule has 1 amide bonds. The van der Waals surface area contributed by atoms with Gasteiger partial charge in [0.2, 0.25) is 5.91 Å². The fourth-order valence-corrected chi connectivity index (χ4v) is 1.99. The van der Waals surface area contributed by atoms with E-state index in [0.717, 1.165) is 5.56 Å². The molecular weight excluding hydrogens is 266 g/mol. The van der Waals surface area contributed by atoms with E-state index in [1.807, 2.05) is 31.2 Å². The van der Waals surface area contributed by atoms with Gasteiger partial charge in [0.1, 0.15) is 6.10 Å². The summed E-state index contributed by atoms with van der Waals surface area (Å²) in [4.78, 5) is 11.7. The van der Waals surface area contributed by atoms with Gasteiger partial charge in [0, 0.05) is 13.2 Å². The van der Waals surface area contributed by atoms with Gasteiger partial charge in [-0.2, -0.15) is 0 Å². The van der Waals surface area contributed by atoms with Crippen molar-refractivity contribution in [1.29, 1.82) is 0 Å². The van der Waals surface area contributed by atoms with Crippen molar-refractivity contribution in [2.24, 2.45) is 0 Å². The summed E-state index contributed by atoms with van der Waals surface area (Å²) in [7, 11) is 0. The number of carbonyl (C=O) groups excluding carboxylic acids is 1. The summed E-state index contributed by atoms with van der Waals surface area (Å²) in [5, 5.41) is 12.8. The molecule has 0 heterocycles. The summed E-state index contributed by atoms with van der Waals surface area (Å²) >= 11 is 0. The van der Waals surface area contributed by atoms with Crippen LogP contribution in [-0.2, 0) is 14.9 Å². The minimum atomic E-state index is -0.711. The van der Waals surface area contributed by atoms with Crippen LogP contribution in [0.15, 0.2) is 24.3 Å². The third-order valence-corrected chi connectivity index (χ3v) is 3.42. The molecule has 1 aromatic carbocycles. The molecule has 0 aliphatic carbocycles. The summed E-state index contributed by atoms with van der Waals surface area (Å²) in [6.45, 7) is 10.7. The molecule has 0 aliphatic rings. The smallest absolute Gasteiger partial charge is 0.248 e. The monoisotopic (exact) mass is 293 g/mol. The molecule has 2 N–H and O–H groups in total. The number of hydrogen-bond acceptors (Lipinski definition) is 3. The maximum Gasteiger partial charge on any atom is 0.248 e. The molecule has 21 heavy (non-hydrogen) atoms. The van der Waals surface area contributed by atoms with Crippen molar-refractivity contribution < 1.29 is 14.6 Å². The topological polar surface area (TPSA) is 58.6 Å². The Bertz CT molecular complexity index is 448. The zero-order chi connectivity index (χ0) is 16.0. The van der Waals surface area contributed by atoms with Crippen LogP contribution in [0.1, 0.15) is 51.8 Å². The first-order chi connectivity index (χ1) is 9.75. The molecule has 0 aliphatic heterocycles. The van der Waals surface area contributed by atoms with Crippen molar-refractivity contribution in [1.82, 2.24) is 5.32 Å². The molecule has 1 aromatic rings. The van der Waals surface area contributed by atoms with Gasteiger partial charge >= 0.3 is 0 Å². The van der Waals surface area contributed by atoms with Gasteiger partial charge in [-0.25, -0.2) is 0 Å². The number of aliphatic hydroxyl groups excluding tert-OH is 1. The summed E-state index contributed by atoms with van der Waals surface area (Å²) in [5.74, 6) is -0.206. The van der Waals surface area contributed by atoms with Crippen molar-refractivity contribution in [3.05, 3.63) is 35.4 Å². The van der Waals surface area contributed by atoms with Gasteiger partial charge in [0.25, 0.3) is 0 Å². The molecule has 4 nitrogen and oxygen atoms in total. The number of ether oxygens (including phenoxy) is 1. The number of nitrogens with one attached hydrogen (secondary N) is 1. The Labute approximate surface area is 127 Å². The average Bonchev–Trinajstić information content (AvgIpc) is 2.43. The van der Waals surface area contributed by atoms with Crippen molar-refractivity contribution in [2.45, 2.75) is 52.2 Å². The van der Waals surface area contributed by atoms with E-state index in [2.05, 4.69) is 26.1 Å². The summed E-state index contributed by atoms with van der Waals surface area (Å²) < 4.78 is 5.20. The van der Waals surface area contributed by atoms with Crippen molar-refractivity contribution in [3.63, 3.8) is 0 Å². The van der Waals surface area contributed by atoms with Crippen LogP contribution in [0.25, 0.3) is 0 Å². The normalized spacial score (nSPS) is 14.6. The minimum absolute atomic E-state index is 0.0879. The zero-order valence-electron chi connectivity index (χ0n) is 13.6. The van der Waals surface area contributed by atoms with E-state index >= 15 is 0 Å². The lowest BCUT2D eigenvalue weighted by atomic mass is 9.86. The Morgan fingerprint density at radius 2 is 1.86 bits per heavy atom. The Kier molecular flexibility index (Phi) is 6.37. The first-order valence-corrected chi connectivity index (χ1v) is 7.43. The lowest BCUT2D eigenvalue weighted by Crippen LogP contribution is -2.37. The molecule has 0 spiro atoms. The molecule has 0 radical (unpaired) electrons. The number of aliphatic hydroxyl groups is 1. The second kappa shape index (κ2) is 7.57. The molecule has 2 atom stereocenters. The van der Waals surface area contributed by atoms with Gasteiger partial charge < -0.3 is 15.2 Å². The number of benzene rings is 1. The van der Waals surface area contributed by atoms with E-state index in [4.69, 9.17) is 4.74 Å². The van der Waals surface area contributed by atoms with E-state index in [1.54, 1.807) is 6.92 Å². The first kappa shape index (κ1) is 17.7. The first-order valence-electron chi connectivity index (χ1n) is 7.43. The van der Waals surface area contributed by atoms with Crippen LogP contribution in [-0.4, -0.2) is 30.3 Å². The van der Waals surface area contributed by atoms with Gasteiger partial charge in [0.15, 0.2) is 0 Å². The third-order valence-electron chi connectivity index (χ3n) is 3.42. The van der Waals surface area contributed by atoms with Crippen molar-refractivity contribution in [3.8, 4) is 0 Å². The molecule has 0 saturated carbocycles. The second-order valence-corrected chi connectivity index (χ2v) is 6.23. The van der Waals surface area contributed by atoms with Gasteiger partial charge in [0.05, 0.1) is 6.10 Å². The van der Waals surface area contributed by atoms with Crippen LogP contribution >= 0.6 is 0 Å².